The molecule has 0 saturated carbocycles. The molecule has 2 fully saturated rings. The fraction of sp³-hybridized carbons (Fsp3) is 0.650. The zero-order valence-electron chi connectivity index (χ0n) is 17.4. The van der Waals surface area contributed by atoms with Gasteiger partial charge in [-0.25, -0.2) is 8.42 Å². The molecule has 0 N–H and O–H groups in total. The van der Waals surface area contributed by atoms with Crippen LogP contribution in [-0.2, 0) is 14.8 Å². The first kappa shape index (κ1) is 22.3. The van der Waals surface area contributed by atoms with E-state index in [-0.39, 0.29) is 16.3 Å². The van der Waals surface area contributed by atoms with Crippen molar-refractivity contribution in [2.24, 2.45) is 0 Å². The lowest BCUT2D eigenvalue weighted by Gasteiger charge is -2.45. The van der Waals surface area contributed by atoms with Crippen molar-refractivity contribution in [1.29, 1.82) is 0 Å². The fourth-order valence-corrected chi connectivity index (χ4v) is 6.30. The van der Waals surface area contributed by atoms with Gasteiger partial charge in [0.25, 0.3) is 0 Å². The molecule has 0 radical (unpaired) electrons. The number of hydrogen-bond donors (Lipinski definition) is 0. The van der Waals surface area contributed by atoms with E-state index in [1.165, 1.54) is 17.5 Å². The molecule has 1 aromatic carbocycles. The first-order chi connectivity index (χ1) is 13.8. The number of methoxy groups -OCH3 is 1. The van der Waals surface area contributed by atoms with Crippen LogP contribution in [0.1, 0.15) is 33.1 Å². The van der Waals surface area contributed by atoms with Gasteiger partial charge in [-0.3, -0.25) is 9.69 Å². The van der Waals surface area contributed by atoms with Gasteiger partial charge in [-0.05, 0) is 31.0 Å². The number of amides is 1. The van der Waals surface area contributed by atoms with Crippen LogP contribution in [0.3, 0.4) is 0 Å². The molecule has 0 bridgehead atoms. The van der Waals surface area contributed by atoms with Gasteiger partial charge >= 0.3 is 0 Å². The molecule has 1 aromatic rings. The second-order valence-corrected chi connectivity index (χ2v) is 10.0. The number of carbonyl (C=O) groups excluding carboxylic acids is 1. The van der Waals surface area contributed by atoms with Gasteiger partial charge in [-0.2, -0.15) is 4.31 Å². The standard InChI is InChI=1S/C20H30ClN3O4S/c1-4-19(25)22-9-8-20(5-2,15-22)23-10-12-24(13-11-23)29(26,27)18-14-16(21)6-7-17(18)28-3/h6-7,14H,4-5,8-13,15H2,1-3H3/t20-/m0/s1. The minimum Gasteiger partial charge on any atom is -0.495 e. The van der Waals surface area contributed by atoms with Gasteiger partial charge in [0.05, 0.1) is 7.11 Å². The fourth-order valence-electron chi connectivity index (χ4n) is 4.46. The summed E-state index contributed by atoms with van der Waals surface area (Å²) in [5, 5.41) is 0.361. The summed E-state index contributed by atoms with van der Waals surface area (Å²) in [5.41, 5.74) is -0.0611. The Bertz CT molecular complexity index is 855. The van der Waals surface area contributed by atoms with Crippen molar-refractivity contribution >= 4 is 27.5 Å². The summed E-state index contributed by atoms with van der Waals surface area (Å²) >= 11 is 6.04. The molecule has 0 aliphatic carbocycles. The van der Waals surface area contributed by atoms with E-state index in [0.29, 0.717) is 43.4 Å². The average molecular weight is 444 g/mol. The number of hydrogen-bond acceptors (Lipinski definition) is 5. The number of benzene rings is 1. The van der Waals surface area contributed by atoms with Crippen molar-refractivity contribution in [3.63, 3.8) is 0 Å². The summed E-state index contributed by atoms with van der Waals surface area (Å²) in [4.78, 5) is 16.5. The van der Waals surface area contributed by atoms with Crippen LogP contribution in [0.2, 0.25) is 5.02 Å². The van der Waals surface area contributed by atoms with Crippen molar-refractivity contribution in [2.45, 2.75) is 43.5 Å². The average Bonchev–Trinajstić information content (AvgIpc) is 3.19. The molecule has 3 rings (SSSR count). The molecule has 0 aromatic heterocycles. The van der Waals surface area contributed by atoms with Crippen LogP contribution < -0.4 is 4.74 Å². The second kappa shape index (κ2) is 8.79. The number of likely N-dealkylation sites (tertiary alicyclic amines) is 1. The zero-order valence-corrected chi connectivity index (χ0v) is 18.9. The van der Waals surface area contributed by atoms with Gasteiger partial charge < -0.3 is 9.64 Å². The van der Waals surface area contributed by atoms with E-state index < -0.39 is 10.0 Å². The molecular formula is C20H30ClN3O4S. The van der Waals surface area contributed by atoms with Crippen LogP contribution in [0.5, 0.6) is 5.75 Å². The first-order valence-electron chi connectivity index (χ1n) is 10.1. The Hall–Kier alpha value is -1.35. The number of sulfonamides is 1. The van der Waals surface area contributed by atoms with Gasteiger partial charge in [0, 0.05) is 56.3 Å². The summed E-state index contributed by atoms with van der Waals surface area (Å²) in [6.07, 6.45) is 2.40. The van der Waals surface area contributed by atoms with E-state index in [9.17, 15) is 13.2 Å². The van der Waals surface area contributed by atoms with Gasteiger partial charge in [-0.15, -0.1) is 0 Å². The van der Waals surface area contributed by atoms with Crippen molar-refractivity contribution in [3.8, 4) is 5.75 Å². The highest BCUT2D eigenvalue weighted by atomic mass is 35.5. The minimum atomic E-state index is -3.70. The molecule has 0 unspecified atom stereocenters. The normalized spacial score (nSPS) is 24.1. The molecule has 7 nitrogen and oxygen atoms in total. The van der Waals surface area contributed by atoms with E-state index in [4.69, 9.17) is 16.3 Å². The van der Waals surface area contributed by atoms with Gasteiger partial charge in [0.2, 0.25) is 15.9 Å². The second-order valence-electron chi connectivity index (χ2n) is 7.68. The predicted molar refractivity (Wildman–Crippen MR) is 113 cm³/mol. The predicted octanol–water partition coefficient (Wildman–Crippen LogP) is 2.45. The summed E-state index contributed by atoms with van der Waals surface area (Å²) in [7, 11) is -2.24. The molecule has 9 heteroatoms. The first-order valence-corrected chi connectivity index (χ1v) is 12.0. The number of rotatable bonds is 6. The number of carbonyl (C=O) groups is 1. The summed E-state index contributed by atoms with van der Waals surface area (Å²) in [6, 6.07) is 4.64. The van der Waals surface area contributed by atoms with E-state index in [0.717, 1.165) is 25.9 Å². The van der Waals surface area contributed by atoms with Crippen LogP contribution >= 0.6 is 11.6 Å². The summed E-state index contributed by atoms with van der Waals surface area (Å²) in [5.74, 6) is 0.487. The SMILES string of the molecule is CCC(=O)N1CC[C@](CC)(N2CCN(S(=O)(=O)c3cc(Cl)ccc3OC)CC2)C1. The smallest absolute Gasteiger partial charge is 0.246 e. The number of ether oxygens (including phenoxy) is 1. The Morgan fingerprint density at radius 3 is 2.45 bits per heavy atom. The third kappa shape index (κ3) is 4.26. The third-order valence-corrected chi connectivity index (χ3v) is 8.45. The van der Waals surface area contributed by atoms with Crippen LogP contribution in [0.4, 0.5) is 0 Å². The Balaban J connectivity index is 1.73. The largest absolute Gasteiger partial charge is 0.495 e. The Labute approximate surface area is 178 Å². The quantitative estimate of drug-likeness (QED) is 0.675. The molecule has 1 amide bonds. The van der Waals surface area contributed by atoms with Crippen LogP contribution in [-0.4, -0.2) is 80.3 Å². The van der Waals surface area contributed by atoms with E-state index in [2.05, 4.69) is 11.8 Å². The molecule has 2 aliphatic rings. The van der Waals surface area contributed by atoms with Crippen molar-refractivity contribution in [1.82, 2.24) is 14.1 Å². The van der Waals surface area contributed by atoms with E-state index in [1.54, 1.807) is 12.1 Å². The minimum absolute atomic E-state index is 0.0611. The molecule has 2 aliphatic heterocycles. The Kier molecular flexibility index (Phi) is 6.77. The number of halogens is 1. The Morgan fingerprint density at radius 1 is 1.17 bits per heavy atom. The molecule has 2 saturated heterocycles. The van der Waals surface area contributed by atoms with Gasteiger partial charge in [-0.1, -0.05) is 25.4 Å². The van der Waals surface area contributed by atoms with Gasteiger partial charge in [0.15, 0.2) is 0 Å². The number of nitrogens with zero attached hydrogens (tertiary/aromatic N) is 3. The lowest BCUT2D eigenvalue weighted by atomic mass is 9.92. The Morgan fingerprint density at radius 2 is 1.86 bits per heavy atom. The number of piperazine rings is 1. The van der Waals surface area contributed by atoms with Crippen molar-refractivity contribution in [3.05, 3.63) is 23.2 Å². The van der Waals surface area contributed by atoms with Crippen LogP contribution in [0, 0.1) is 0 Å². The summed E-state index contributed by atoms with van der Waals surface area (Å²) < 4.78 is 33.1. The highest BCUT2D eigenvalue weighted by Gasteiger charge is 2.44. The monoisotopic (exact) mass is 443 g/mol. The molecule has 2 heterocycles. The van der Waals surface area contributed by atoms with Crippen LogP contribution in [0.25, 0.3) is 0 Å². The summed E-state index contributed by atoms with van der Waals surface area (Å²) in [6.45, 7) is 7.64. The van der Waals surface area contributed by atoms with E-state index >= 15 is 0 Å². The topological polar surface area (TPSA) is 70.2 Å². The molecule has 162 valence electrons. The maximum Gasteiger partial charge on any atom is 0.246 e. The molecular weight excluding hydrogens is 414 g/mol. The molecule has 29 heavy (non-hydrogen) atoms. The van der Waals surface area contributed by atoms with Crippen molar-refractivity contribution < 1.29 is 17.9 Å². The third-order valence-electron chi connectivity index (χ3n) is 6.30. The molecule has 1 atom stereocenters. The molecule has 0 spiro atoms. The van der Waals surface area contributed by atoms with E-state index in [1.807, 2.05) is 11.8 Å². The lowest BCUT2D eigenvalue weighted by Crippen LogP contribution is -2.58. The highest BCUT2D eigenvalue weighted by Crippen LogP contribution is 2.34. The highest BCUT2D eigenvalue weighted by molar-refractivity contribution is 7.89. The van der Waals surface area contributed by atoms with Crippen LogP contribution in [0.15, 0.2) is 23.1 Å². The maximum absolute atomic E-state index is 13.2. The van der Waals surface area contributed by atoms with Gasteiger partial charge in [0.1, 0.15) is 10.6 Å². The zero-order chi connectivity index (χ0) is 21.2. The van der Waals surface area contributed by atoms with Crippen molar-refractivity contribution in [2.75, 3.05) is 46.4 Å². The lowest BCUT2D eigenvalue weighted by molar-refractivity contribution is -0.130. The maximum atomic E-state index is 13.2.